The highest BCUT2D eigenvalue weighted by Gasteiger charge is 2.27. The number of piperidine rings is 1. The van der Waals surface area contributed by atoms with Crippen molar-refractivity contribution >= 4 is 11.3 Å². The van der Waals surface area contributed by atoms with Crippen LogP contribution in [0.1, 0.15) is 43.7 Å². The minimum Gasteiger partial charge on any atom is -0.355 e. The lowest BCUT2D eigenvalue weighted by molar-refractivity contribution is 0.249. The van der Waals surface area contributed by atoms with Crippen LogP contribution >= 0.6 is 0 Å². The van der Waals surface area contributed by atoms with Gasteiger partial charge in [-0.3, -0.25) is 9.08 Å². The van der Waals surface area contributed by atoms with Crippen LogP contribution in [0.5, 0.6) is 0 Å². The Labute approximate surface area is 205 Å². The molecule has 8 nitrogen and oxygen atoms in total. The maximum Gasteiger partial charge on any atom is 0.155 e. The molecule has 35 heavy (non-hydrogen) atoms. The number of hydrogen-bond acceptors (Lipinski definition) is 6. The van der Waals surface area contributed by atoms with Crippen LogP contribution in [0, 0.1) is 11.3 Å². The maximum absolute atomic E-state index is 9.30. The van der Waals surface area contributed by atoms with Crippen LogP contribution < -0.4 is 4.90 Å². The molecule has 1 aromatic carbocycles. The summed E-state index contributed by atoms with van der Waals surface area (Å²) in [7, 11) is 4.32. The maximum atomic E-state index is 9.30. The number of rotatable bonds is 5. The third-order valence-electron chi connectivity index (χ3n) is 7.66. The molecule has 178 valence electrons. The summed E-state index contributed by atoms with van der Waals surface area (Å²) in [6.07, 6.45) is 13.8. The van der Waals surface area contributed by atoms with Crippen molar-refractivity contribution in [1.29, 1.82) is 5.26 Å². The average molecular weight is 467 g/mol. The highest BCUT2D eigenvalue weighted by molar-refractivity contribution is 5.84. The molecule has 0 atom stereocenters. The van der Waals surface area contributed by atoms with Crippen LogP contribution in [-0.4, -0.2) is 62.3 Å². The fraction of sp³-hybridized carbons (Fsp3) is 0.407. The minimum atomic E-state index is 0.491. The van der Waals surface area contributed by atoms with Gasteiger partial charge in [-0.15, -0.1) is 0 Å². The van der Waals surface area contributed by atoms with Crippen molar-refractivity contribution in [1.82, 2.24) is 29.0 Å². The lowest BCUT2D eigenvalue weighted by atomic mass is 9.93. The van der Waals surface area contributed by atoms with Crippen LogP contribution in [0.2, 0.25) is 0 Å². The molecule has 4 aromatic rings. The Morgan fingerprint density at radius 2 is 1.77 bits per heavy atom. The lowest BCUT2D eigenvalue weighted by Gasteiger charge is -2.36. The summed E-state index contributed by atoms with van der Waals surface area (Å²) >= 11 is 0. The van der Waals surface area contributed by atoms with E-state index in [2.05, 4.69) is 50.2 Å². The molecule has 0 unspecified atom stereocenters. The summed E-state index contributed by atoms with van der Waals surface area (Å²) < 4.78 is 4.26. The predicted octanol–water partition coefficient (Wildman–Crippen LogP) is 4.39. The van der Waals surface area contributed by atoms with Gasteiger partial charge in [0.05, 0.1) is 47.8 Å². The molecule has 3 aromatic heterocycles. The average Bonchev–Trinajstić information content (AvgIpc) is 3.52. The fourth-order valence-corrected chi connectivity index (χ4v) is 5.29. The third kappa shape index (κ3) is 3.86. The second-order valence-electron chi connectivity index (χ2n) is 9.95. The highest BCUT2D eigenvalue weighted by Crippen LogP contribution is 2.38. The van der Waals surface area contributed by atoms with Crippen molar-refractivity contribution < 1.29 is 0 Å². The van der Waals surface area contributed by atoms with Crippen LogP contribution in [0.25, 0.3) is 28.0 Å². The first-order valence-corrected chi connectivity index (χ1v) is 12.4. The number of imidazole rings is 1. The second kappa shape index (κ2) is 8.82. The number of anilines is 1. The Morgan fingerprint density at radius 3 is 2.43 bits per heavy atom. The Kier molecular flexibility index (Phi) is 5.50. The lowest BCUT2D eigenvalue weighted by Crippen LogP contribution is -2.42. The van der Waals surface area contributed by atoms with E-state index >= 15 is 0 Å². The smallest absolute Gasteiger partial charge is 0.155 e. The van der Waals surface area contributed by atoms with Crippen molar-refractivity contribution in [2.45, 2.75) is 44.2 Å². The van der Waals surface area contributed by atoms with Crippen molar-refractivity contribution in [2.24, 2.45) is 0 Å². The van der Waals surface area contributed by atoms with Gasteiger partial charge in [0.25, 0.3) is 0 Å². The number of nitrogens with zero attached hydrogens (tertiary/aromatic N) is 8. The second-order valence-corrected chi connectivity index (χ2v) is 9.95. The molecule has 2 aliphatic rings. The molecule has 1 saturated heterocycles. The van der Waals surface area contributed by atoms with Crippen LogP contribution in [0.4, 0.5) is 5.82 Å². The minimum absolute atomic E-state index is 0.491. The summed E-state index contributed by atoms with van der Waals surface area (Å²) in [4.78, 5) is 14.5. The zero-order chi connectivity index (χ0) is 23.9. The van der Waals surface area contributed by atoms with Gasteiger partial charge in [0.15, 0.2) is 5.82 Å². The van der Waals surface area contributed by atoms with E-state index in [1.54, 1.807) is 0 Å². The SMILES string of the molecule is CN(C)C1CCN(c2nc(-c3ccc(C#N)cc3)c(-c3cnn(C4CCC4)c3)n3cncc23)CC1. The molecule has 1 aliphatic heterocycles. The third-order valence-corrected chi connectivity index (χ3v) is 7.66. The highest BCUT2D eigenvalue weighted by atomic mass is 15.3. The van der Waals surface area contributed by atoms with Gasteiger partial charge in [-0.25, -0.2) is 9.97 Å². The van der Waals surface area contributed by atoms with E-state index in [1.165, 1.54) is 19.3 Å². The van der Waals surface area contributed by atoms with Gasteiger partial charge in [-0.2, -0.15) is 10.4 Å². The number of fused-ring (bicyclic) bond motifs is 1. The largest absolute Gasteiger partial charge is 0.355 e. The van der Waals surface area contributed by atoms with Gasteiger partial charge in [0.1, 0.15) is 5.52 Å². The molecule has 0 bridgehead atoms. The van der Waals surface area contributed by atoms with Crippen molar-refractivity contribution in [3.8, 4) is 28.6 Å². The Hall–Kier alpha value is -3.70. The Morgan fingerprint density at radius 1 is 1.00 bits per heavy atom. The fourth-order valence-electron chi connectivity index (χ4n) is 5.29. The quantitative estimate of drug-likeness (QED) is 0.434. The van der Waals surface area contributed by atoms with E-state index in [0.29, 0.717) is 17.6 Å². The van der Waals surface area contributed by atoms with Gasteiger partial charge >= 0.3 is 0 Å². The molecular weight excluding hydrogens is 436 g/mol. The normalized spacial score (nSPS) is 17.1. The predicted molar refractivity (Wildman–Crippen MR) is 136 cm³/mol. The molecule has 0 amide bonds. The molecular formula is C27H30N8. The number of hydrogen-bond donors (Lipinski definition) is 0. The van der Waals surface area contributed by atoms with E-state index in [0.717, 1.165) is 59.8 Å². The number of nitriles is 1. The van der Waals surface area contributed by atoms with Crippen LogP contribution in [0.15, 0.2) is 49.2 Å². The summed E-state index contributed by atoms with van der Waals surface area (Å²) in [6.45, 7) is 1.92. The monoisotopic (exact) mass is 466 g/mol. The molecule has 1 saturated carbocycles. The van der Waals surface area contributed by atoms with Gasteiger partial charge in [0, 0.05) is 36.5 Å². The molecule has 1 aliphatic carbocycles. The van der Waals surface area contributed by atoms with E-state index in [4.69, 9.17) is 10.1 Å². The zero-order valence-electron chi connectivity index (χ0n) is 20.3. The van der Waals surface area contributed by atoms with Crippen molar-refractivity contribution in [2.75, 3.05) is 32.1 Å². The van der Waals surface area contributed by atoms with Crippen molar-refractivity contribution in [3.05, 3.63) is 54.7 Å². The first-order chi connectivity index (χ1) is 17.1. The number of aromatic nitrogens is 5. The molecule has 6 rings (SSSR count). The van der Waals surface area contributed by atoms with E-state index in [-0.39, 0.29) is 0 Å². The molecule has 2 fully saturated rings. The first-order valence-electron chi connectivity index (χ1n) is 12.4. The number of benzene rings is 1. The molecule has 0 N–H and O–H groups in total. The summed E-state index contributed by atoms with van der Waals surface area (Å²) in [5.74, 6) is 0.967. The Bertz CT molecular complexity index is 1380. The summed E-state index contributed by atoms with van der Waals surface area (Å²) in [6, 6.07) is 11.0. The van der Waals surface area contributed by atoms with Gasteiger partial charge in [0.2, 0.25) is 0 Å². The summed E-state index contributed by atoms with van der Waals surface area (Å²) in [5.41, 5.74) is 5.54. The van der Waals surface area contributed by atoms with Crippen molar-refractivity contribution in [3.63, 3.8) is 0 Å². The Balaban J connectivity index is 1.49. The van der Waals surface area contributed by atoms with E-state index < -0.39 is 0 Å². The molecule has 0 radical (unpaired) electrons. The van der Waals surface area contributed by atoms with Gasteiger partial charge in [-0.05, 0) is 58.3 Å². The first kappa shape index (κ1) is 21.8. The molecule has 4 heterocycles. The zero-order valence-corrected chi connectivity index (χ0v) is 20.3. The van der Waals surface area contributed by atoms with Crippen LogP contribution in [0.3, 0.4) is 0 Å². The van der Waals surface area contributed by atoms with Gasteiger partial charge < -0.3 is 9.80 Å². The molecule has 0 spiro atoms. The standard InChI is InChI=1S/C27H30N8/c1-32(2)22-10-12-33(13-11-22)27-24-16-29-18-34(24)26(21-15-30-35(17-21)23-4-3-5-23)25(31-27)20-8-6-19(14-28)7-9-20/h6-9,15-18,22-23H,3-5,10-13H2,1-2H3. The summed E-state index contributed by atoms with van der Waals surface area (Å²) in [5, 5.41) is 14.0. The topological polar surface area (TPSA) is 78.3 Å². The van der Waals surface area contributed by atoms with E-state index in [1.807, 2.05) is 43.0 Å². The van der Waals surface area contributed by atoms with Crippen LogP contribution in [-0.2, 0) is 0 Å². The van der Waals surface area contributed by atoms with Gasteiger partial charge in [-0.1, -0.05) is 12.1 Å². The van der Waals surface area contributed by atoms with E-state index in [9.17, 15) is 5.26 Å². The molecule has 8 heteroatoms.